The number of aliphatic hydroxyl groups is 1. The van der Waals surface area contributed by atoms with Gasteiger partial charge in [0.15, 0.2) is 5.69 Å². The first kappa shape index (κ1) is 29.4. The monoisotopic (exact) mass is 567 g/mol. The van der Waals surface area contributed by atoms with Crippen LogP contribution in [0.3, 0.4) is 0 Å². The van der Waals surface area contributed by atoms with Crippen molar-refractivity contribution in [1.29, 1.82) is 0 Å². The van der Waals surface area contributed by atoms with Gasteiger partial charge in [0.1, 0.15) is 26.6 Å². The van der Waals surface area contributed by atoms with Crippen LogP contribution < -0.4 is 5.32 Å². The van der Waals surface area contributed by atoms with E-state index in [-0.39, 0.29) is 54.3 Å². The molecule has 1 heterocycles. The number of alkyl halides is 3. The van der Waals surface area contributed by atoms with Gasteiger partial charge in [-0.1, -0.05) is 31.5 Å². The first-order chi connectivity index (χ1) is 17.1. The van der Waals surface area contributed by atoms with Gasteiger partial charge in [-0.3, -0.25) is 9.36 Å². The van der Waals surface area contributed by atoms with Crippen LogP contribution in [0.2, 0.25) is 5.15 Å². The molecule has 0 spiro atoms. The third-order valence-electron chi connectivity index (χ3n) is 6.85. The van der Waals surface area contributed by atoms with Crippen molar-refractivity contribution in [3.63, 3.8) is 0 Å². The van der Waals surface area contributed by atoms with E-state index in [9.17, 15) is 35.9 Å². The van der Waals surface area contributed by atoms with Crippen molar-refractivity contribution in [2.24, 2.45) is 5.92 Å². The number of amides is 1. The van der Waals surface area contributed by atoms with Gasteiger partial charge >= 0.3 is 6.18 Å². The molecule has 3 rings (SSSR count). The Kier molecular flexibility index (Phi) is 8.65. The van der Waals surface area contributed by atoms with Crippen LogP contribution in [0.1, 0.15) is 61.4 Å². The minimum atomic E-state index is -4.45. The van der Waals surface area contributed by atoms with Crippen molar-refractivity contribution in [2.45, 2.75) is 69.4 Å². The molecule has 2 aromatic rings. The van der Waals surface area contributed by atoms with Gasteiger partial charge in [0.25, 0.3) is 5.91 Å². The number of aryl methyl sites for hydroxylation is 1. The number of benzene rings is 1. The number of hydrogen-bond donors (Lipinski definition) is 2. The molecule has 1 atom stereocenters. The number of halogens is 5. The maximum absolute atomic E-state index is 14.7. The van der Waals surface area contributed by atoms with Crippen LogP contribution in [0.4, 0.5) is 17.6 Å². The number of nitrogens with one attached hydrogen (secondary N) is 1. The van der Waals surface area contributed by atoms with Crippen LogP contribution in [0.5, 0.6) is 0 Å². The molecule has 1 aliphatic rings. The van der Waals surface area contributed by atoms with E-state index in [1.165, 1.54) is 16.7 Å². The van der Waals surface area contributed by atoms with E-state index in [0.717, 1.165) is 19.2 Å². The molecule has 37 heavy (non-hydrogen) atoms. The third kappa shape index (κ3) is 6.83. The third-order valence-corrected chi connectivity index (χ3v) is 8.88. The normalized spacial score (nSPS) is 21.6. The Labute approximate surface area is 218 Å². The number of carbonyl (C=O) groups excluding carboxylic acids is 1. The molecule has 0 saturated heterocycles. The van der Waals surface area contributed by atoms with Gasteiger partial charge in [-0.05, 0) is 49.8 Å². The summed E-state index contributed by atoms with van der Waals surface area (Å²) >= 11 is 6.44. The molecule has 1 fully saturated rings. The van der Waals surface area contributed by atoms with Crippen molar-refractivity contribution in [3.05, 3.63) is 46.3 Å². The fourth-order valence-electron chi connectivity index (χ4n) is 4.44. The lowest BCUT2D eigenvalue weighted by molar-refractivity contribution is -0.169. The zero-order valence-electron chi connectivity index (χ0n) is 20.7. The number of sulfone groups is 1. The van der Waals surface area contributed by atoms with E-state index in [0.29, 0.717) is 12.2 Å². The quantitative estimate of drug-likeness (QED) is 0.460. The van der Waals surface area contributed by atoms with Gasteiger partial charge in [0.05, 0.1) is 22.5 Å². The molecule has 206 valence electrons. The number of imidazole rings is 1. The highest BCUT2D eigenvalue weighted by atomic mass is 35.5. The summed E-state index contributed by atoms with van der Waals surface area (Å²) < 4.78 is 78.2. The minimum Gasteiger partial charge on any atom is -0.388 e. The molecule has 1 aliphatic carbocycles. The Morgan fingerprint density at radius 1 is 1.32 bits per heavy atom. The van der Waals surface area contributed by atoms with Crippen LogP contribution in [-0.2, 0) is 22.7 Å². The van der Waals surface area contributed by atoms with Gasteiger partial charge in [-0.25, -0.2) is 17.8 Å². The van der Waals surface area contributed by atoms with Crippen LogP contribution in [0, 0.1) is 11.7 Å². The Bertz CT molecular complexity index is 1260. The van der Waals surface area contributed by atoms with Crippen LogP contribution in [0.25, 0.3) is 5.69 Å². The molecule has 1 aromatic carbocycles. The van der Waals surface area contributed by atoms with E-state index in [4.69, 9.17) is 11.6 Å². The molecule has 2 N–H and O–H groups in total. The van der Waals surface area contributed by atoms with Gasteiger partial charge in [0, 0.05) is 19.2 Å². The number of carbonyl (C=O) groups is 1. The van der Waals surface area contributed by atoms with E-state index in [1.54, 1.807) is 6.92 Å². The average Bonchev–Trinajstić information content (AvgIpc) is 3.14. The first-order valence-corrected chi connectivity index (χ1v) is 14.2. The second-order valence-electron chi connectivity index (χ2n) is 9.71. The topological polar surface area (TPSA) is 101 Å². The zero-order valence-corrected chi connectivity index (χ0v) is 22.3. The molecule has 0 aliphatic heterocycles. The van der Waals surface area contributed by atoms with E-state index >= 15 is 0 Å². The molecule has 7 nitrogen and oxygen atoms in total. The molecule has 1 amide bonds. The summed E-state index contributed by atoms with van der Waals surface area (Å²) in [4.78, 5) is 17.1. The molecule has 1 saturated carbocycles. The zero-order chi connectivity index (χ0) is 27.8. The minimum absolute atomic E-state index is 0.0975. The second kappa shape index (κ2) is 10.9. The van der Waals surface area contributed by atoms with Gasteiger partial charge in [0.2, 0.25) is 0 Å². The summed E-state index contributed by atoms with van der Waals surface area (Å²) in [5, 5.41) is 12.8. The highest BCUT2D eigenvalue weighted by molar-refractivity contribution is 7.91. The molecule has 1 unspecified atom stereocenters. The predicted octanol–water partition coefficient (Wildman–Crippen LogP) is 4.42. The summed E-state index contributed by atoms with van der Waals surface area (Å²) in [6.07, 6.45) is -2.52. The molecular weight excluding hydrogens is 538 g/mol. The lowest BCUT2D eigenvalue weighted by atomic mass is 9.84. The summed E-state index contributed by atoms with van der Waals surface area (Å²) in [5.41, 5.74) is -1.32. The van der Waals surface area contributed by atoms with Crippen molar-refractivity contribution in [1.82, 2.24) is 14.9 Å². The lowest BCUT2D eigenvalue weighted by Crippen LogP contribution is -2.47. The average molecular weight is 568 g/mol. The highest BCUT2D eigenvalue weighted by Gasteiger charge is 2.38. The van der Waals surface area contributed by atoms with Crippen LogP contribution in [-0.4, -0.2) is 58.8 Å². The number of rotatable bonds is 8. The molecule has 1 aromatic heterocycles. The standard InChI is InChI=1S/C24H30ClF4N3O4S/c1-4-19-31-20(22(33)30-13-23(34)9-7-17(8-10-23)37(3,35)36)21(25)32(19)16-6-5-15(18(26)12-16)11-14(2)24(27,28)29/h5-6,12,14,17,34H,4,7-11,13H2,1-3H3,(H,30,33). The summed E-state index contributed by atoms with van der Waals surface area (Å²) in [6.45, 7) is 2.59. The SMILES string of the molecule is CCc1nc(C(=O)NCC2(O)CCC(S(C)(=O)=O)CC2)c(Cl)n1-c1ccc(CC(C)C(F)(F)F)c(F)c1. The Hall–Kier alpha value is -2.18. The van der Waals surface area contributed by atoms with Gasteiger partial charge < -0.3 is 10.4 Å². The Balaban J connectivity index is 1.76. The summed E-state index contributed by atoms with van der Waals surface area (Å²) in [6, 6.07) is 3.72. The van der Waals surface area contributed by atoms with Crippen molar-refractivity contribution >= 4 is 27.3 Å². The Morgan fingerprint density at radius 2 is 1.95 bits per heavy atom. The molecular formula is C24H30ClF4N3O4S. The van der Waals surface area contributed by atoms with Crippen molar-refractivity contribution in [3.8, 4) is 5.69 Å². The Morgan fingerprint density at radius 3 is 2.46 bits per heavy atom. The maximum Gasteiger partial charge on any atom is 0.391 e. The molecule has 13 heteroatoms. The van der Waals surface area contributed by atoms with Crippen LogP contribution >= 0.6 is 11.6 Å². The fraction of sp³-hybridized carbons (Fsp3) is 0.583. The van der Waals surface area contributed by atoms with E-state index in [2.05, 4.69) is 10.3 Å². The van der Waals surface area contributed by atoms with Crippen LogP contribution in [0.15, 0.2) is 18.2 Å². The largest absolute Gasteiger partial charge is 0.391 e. The molecule has 0 bridgehead atoms. The number of nitrogens with zero attached hydrogens (tertiary/aromatic N) is 2. The lowest BCUT2D eigenvalue weighted by Gasteiger charge is -2.35. The highest BCUT2D eigenvalue weighted by Crippen LogP contribution is 2.32. The maximum atomic E-state index is 14.7. The number of aromatic nitrogens is 2. The second-order valence-corrected chi connectivity index (χ2v) is 12.4. The van der Waals surface area contributed by atoms with E-state index < -0.39 is 50.9 Å². The fourth-order valence-corrected chi connectivity index (χ4v) is 5.85. The van der Waals surface area contributed by atoms with Gasteiger partial charge in [-0.2, -0.15) is 13.2 Å². The first-order valence-electron chi connectivity index (χ1n) is 11.9. The summed E-state index contributed by atoms with van der Waals surface area (Å²) in [5.74, 6) is -2.90. The predicted molar refractivity (Wildman–Crippen MR) is 131 cm³/mol. The number of hydrogen-bond acceptors (Lipinski definition) is 5. The van der Waals surface area contributed by atoms with Crippen molar-refractivity contribution < 1.29 is 35.9 Å². The molecule has 0 radical (unpaired) electrons. The van der Waals surface area contributed by atoms with Gasteiger partial charge in [-0.15, -0.1) is 0 Å². The smallest absolute Gasteiger partial charge is 0.388 e. The summed E-state index contributed by atoms with van der Waals surface area (Å²) in [7, 11) is -3.21. The van der Waals surface area contributed by atoms with E-state index in [1.807, 2.05) is 0 Å². The van der Waals surface area contributed by atoms with Crippen molar-refractivity contribution in [2.75, 3.05) is 12.8 Å².